The van der Waals surface area contributed by atoms with Gasteiger partial charge in [-0.2, -0.15) is 0 Å². The molecule has 1 amide bonds. The van der Waals surface area contributed by atoms with Crippen LogP contribution in [0.4, 0.5) is 17.1 Å². The van der Waals surface area contributed by atoms with E-state index in [-0.39, 0.29) is 5.91 Å². The van der Waals surface area contributed by atoms with Gasteiger partial charge >= 0.3 is 0 Å². The topological polar surface area (TPSA) is 84.1 Å². The second kappa shape index (κ2) is 7.98. The maximum atomic E-state index is 12.5. The van der Waals surface area contributed by atoms with Gasteiger partial charge in [-0.05, 0) is 54.7 Å². The van der Waals surface area contributed by atoms with Crippen molar-refractivity contribution >= 4 is 34.3 Å². The first-order valence-corrected chi connectivity index (χ1v) is 10.3. The summed E-state index contributed by atoms with van der Waals surface area (Å²) in [7, 11) is 0. The Hall–Kier alpha value is -2.93. The van der Waals surface area contributed by atoms with Crippen molar-refractivity contribution < 1.29 is 4.79 Å². The number of amides is 1. The number of benzene rings is 2. The molecule has 0 radical (unpaired) electrons. The number of hydrogen-bond donors (Lipinski definition) is 2. The number of carbonyl (C=O) groups is 1. The number of anilines is 3. The van der Waals surface area contributed by atoms with E-state index in [1.807, 2.05) is 36.4 Å². The van der Waals surface area contributed by atoms with E-state index in [4.69, 9.17) is 5.73 Å². The van der Waals surface area contributed by atoms with Crippen LogP contribution in [0.15, 0.2) is 42.5 Å². The molecule has 0 aliphatic carbocycles. The summed E-state index contributed by atoms with van der Waals surface area (Å²) in [5, 5.41) is 12.4. The van der Waals surface area contributed by atoms with Crippen LogP contribution in [0.25, 0.3) is 0 Å². The number of aryl methyl sites for hydroxylation is 1. The van der Waals surface area contributed by atoms with Gasteiger partial charge in [-0.25, -0.2) is 0 Å². The molecule has 2 heterocycles. The average Bonchev–Trinajstić information content (AvgIpc) is 3.18. The van der Waals surface area contributed by atoms with Crippen molar-refractivity contribution in [3.05, 3.63) is 63.6 Å². The van der Waals surface area contributed by atoms with Crippen molar-refractivity contribution in [3.8, 4) is 0 Å². The van der Waals surface area contributed by atoms with Crippen molar-refractivity contribution in [1.29, 1.82) is 0 Å². The van der Waals surface area contributed by atoms with Crippen molar-refractivity contribution in [2.24, 2.45) is 0 Å². The van der Waals surface area contributed by atoms with Gasteiger partial charge in [0, 0.05) is 23.6 Å². The SMILES string of the molecule is CCc1ccc(NC(=O)c2nnc(CN3CCCc4c(N)cccc43)s2)cc1. The van der Waals surface area contributed by atoms with E-state index in [1.54, 1.807) is 0 Å². The van der Waals surface area contributed by atoms with E-state index in [1.165, 1.54) is 22.5 Å². The zero-order chi connectivity index (χ0) is 19.5. The summed E-state index contributed by atoms with van der Waals surface area (Å²) in [6.45, 7) is 3.68. The minimum absolute atomic E-state index is 0.226. The molecule has 0 saturated carbocycles. The molecule has 144 valence electrons. The number of carbonyl (C=O) groups excluding carboxylic acids is 1. The number of nitrogen functional groups attached to an aromatic ring is 1. The number of nitrogens with two attached hydrogens (primary N) is 1. The second-order valence-electron chi connectivity index (χ2n) is 6.88. The highest BCUT2D eigenvalue weighted by Gasteiger charge is 2.21. The minimum Gasteiger partial charge on any atom is -0.398 e. The minimum atomic E-state index is -0.226. The van der Waals surface area contributed by atoms with Gasteiger partial charge in [0.25, 0.3) is 5.91 Å². The third-order valence-corrected chi connectivity index (χ3v) is 5.90. The summed E-state index contributed by atoms with van der Waals surface area (Å²) in [5.74, 6) is -0.226. The molecular weight excluding hydrogens is 370 g/mol. The molecule has 0 spiro atoms. The Morgan fingerprint density at radius 2 is 2.04 bits per heavy atom. The first kappa shape index (κ1) is 18.4. The fourth-order valence-corrected chi connectivity index (χ4v) is 4.22. The van der Waals surface area contributed by atoms with Crippen molar-refractivity contribution in [2.45, 2.75) is 32.7 Å². The van der Waals surface area contributed by atoms with Crippen molar-refractivity contribution in [3.63, 3.8) is 0 Å². The second-order valence-corrected chi connectivity index (χ2v) is 7.94. The molecular formula is C21H23N5OS. The quantitative estimate of drug-likeness (QED) is 0.643. The maximum absolute atomic E-state index is 12.5. The van der Waals surface area contributed by atoms with Crippen LogP contribution in [0.2, 0.25) is 0 Å². The molecule has 0 atom stereocenters. The van der Waals surface area contributed by atoms with Gasteiger partial charge in [0.2, 0.25) is 5.01 Å². The van der Waals surface area contributed by atoms with E-state index in [0.717, 1.165) is 47.9 Å². The Morgan fingerprint density at radius 3 is 2.82 bits per heavy atom. The zero-order valence-electron chi connectivity index (χ0n) is 15.8. The fourth-order valence-electron chi connectivity index (χ4n) is 3.47. The normalized spacial score (nSPS) is 13.2. The smallest absolute Gasteiger partial charge is 0.286 e. The predicted molar refractivity (Wildman–Crippen MR) is 114 cm³/mol. The third kappa shape index (κ3) is 3.84. The van der Waals surface area contributed by atoms with Gasteiger partial charge in [-0.15, -0.1) is 10.2 Å². The fraction of sp³-hybridized carbons (Fsp3) is 0.286. The number of fused-ring (bicyclic) bond motifs is 1. The number of hydrogen-bond acceptors (Lipinski definition) is 6. The lowest BCUT2D eigenvalue weighted by Gasteiger charge is -2.31. The van der Waals surface area contributed by atoms with Gasteiger partial charge in [0.15, 0.2) is 0 Å². The van der Waals surface area contributed by atoms with E-state index in [2.05, 4.69) is 33.4 Å². The summed E-state index contributed by atoms with van der Waals surface area (Å²) in [4.78, 5) is 14.7. The largest absolute Gasteiger partial charge is 0.398 e. The molecule has 3 N–H and O–H groups in total. The standard InChI is InChI=1S/C21H23N5OS/c1-2-14-8-10-15(11-9-14)23-20(27)21-25-24-19(28-21)13-26-12-4-5-16-17(22)6-3-7-18(16)26/h3,6-11H,2,4-5,12-13,22H2,1H3,(H,23,27). The van der Waals surface area contributed by atoms with Crippen LogP contribution in [-0.4, -0.2) is 22.6 Å². The first-order chi connectivity index (χ1) is 13.6. The molecule has 0 bridgehead atoms. The van der Waals surface area contributed by atoms with Gasteiger partial charge in [-0.3, -0.25) is 4.79 Å². The molecule has 28 heavy (non-hydrogen) atoms. The first-order valence-electron chi connectivity index (χ1n) is 9.49. The Balaban J connectivity index is 1.45. The summed E-state index contributed by atoms with van der Waals surface area (Å²) in [5.41, 5.74) is 11.3. The lowest BCUT2D eigenvalue weighted by molar-refractivity contribution is 0.102. The highest BCUT2D eigenvalue weighted by Crippen LogP contribution is 2.32. The molecule has 1 aliphatic heterocycles. The molecule has 7 heteroatoms. The Morgan fingerprint density at radius 1 is 1.21 bits per heavy atom. The molecule has 1 aliphatic rings. The molecule has 3 aromatic rings. The van der Waals surface area contributed by atoms with E-state index in [9.17, 15) is 4.79 Å². The van der Waals surface area contributed by atoms with E-state index in [0.29, 0.717) is 11.6 Å². The molecule has 1 aromatic heterocycles. The molecule has 6 nitrogen and oxygen atoms in total. The van der Waals surface area contributed by atoms with Crippen LogP contribution < -0.4 is 16.0 Å². The summed E-state index contributed by atoms with van der Waals surface area (Å²) < 4.78 is 0. The van der Waals surface area contributed by atoms with Crippen molar-refractivity contribution in [2.75, 3.05) is 22.5 Å². The van der Waals surface area contributed by atoms with Crippen LogP contribution in [0, 0.1) is 0 Å². The monoisotopic (exact) mass is 393 g/mol. The third-order valence-electron chi connectivity index (χ3n) is 4.99. The van der Waals surface area contributed by atoms with Gasteiger partial charge in [0.1, 0.15) is 5.01 Å². The lowest BCUT2D eigenvalue weighted by Crippen LogP contribution is -2.29. The van der Waals surface area contributed by atoms with Gasteiger partial charge < -0.3 is 16.0 Å². The average molecular weight is 394 g/mol. The Labute approximate surface area is 168 Å². The van der Waals surface area contributed by atoms with Crippen LogP contribution in [0.5, 0.6) is 0 Å². The summed E-state index contributed by atoms with van der Waals surface area (Å²) >= 11 is 1.33. The zero-order valence-corrected chi connectivity index (χ0v) is 16.6. The predicted octanol–water partition coefficient (Wildman–Crippen LogP) is 3.89. The molecule has 0 unspecified atom stereocenters. The lowest BCUT2D eigenvalue weighted by atomic mass is 10.00. The number of rotatable bonds is 5. The number of nitrogens with one attached hydrogen (secondary N) is 1. The molecule has 0 fully saturated rings. The molecule has 0 saturated heterocycles. The molecule has 4 rings (SSSR count). The number of aromatic nitrogens is 2. The van der Waals surface area contributed by atoms with Gasteiger partial charge in [0.05, 0.1) is 6.54 Å². The van der Waals surface area contributed by atoms with Crippen LogP contribution in [0.3, 0.4) is 0 Å². The maximum Gasteiger partial charge on any atom is 0.286 e. The van der Waals surface area contributed by atoms with Crippen molar-refractivity contribution in [1.82, 2.24) is 10.2 Å². The molecule has 2 aromatic carbocycles. The van der Waals surface area contributed by atoms with Crippen LogP contribution in [0.1, 0.15) is 39.3 Å². The number of nitrogens with zero attached hydrogens (tertiary/aromatic N) is 3. The Kier molecular flexibility index (Phi) is 5.25. The highest BCUT2D eigenvalue weighted by molar-refractivity contribution is 7.13. The summed E-state index contributed by atoms with van der Waals surface area (Å²) in [6.07, 6.45) is 3.03. The van der Waals surface area contributed by atoms with E-state index >= 15 is 0 Å². The highest BCUT2D eigenvalue weighted by atomic mass is 32.1. The van der Waals surface area contributed by atoms with Gasteiger partial charge in [-0.1, -0.05) is 36.5 Å². The van der Waals surface area contributed by atoms with Crippen LogP contribution >= 0.6 is 11.3 Å². The van der Waals surface area contributed by atoms with E-state index < -0.39 is 0 Å². The summed E-state index contributed by atoms with van der Waals surface area (Å²) in [6, 6.07) is 13.9. The Bertz CT molecular complexity index is 983. The van der Waals surface area contributed by atoms with Crippen LogP contribution in [-0.2, 0) is 19.4 Å².